The van der Waals surface area contributed by atoms with Gasteiger partial charge in [0.05, 0.1) is 13.2 Å². The van der Waals surface area contributed by atoms with Crippen molar-refractivity contribution in [1.29, 1.82) is 0 Å². The Hall–Kier alpha value is -1.20. The number of aliphatic hydroxyl groups is 2. The van der Waals surface area contributed by atoms with Crippen LogP contribution in [0.1, 0.15) is 65.2 Å². The summed E-state index contributed by atoms with van der Waals surface area (Å²) in [5, 5.41) is 18.6. The van der Waals surface area contributed by atoms with Gasteiger partial charge in [0.15, 0.2) is 5.78 Å². The van der Waals surface area contributed by atoms with Crippen molar-refractivity contribution in [2.75, 3.05) is 13.2 Å². The highest BCUT2D eigenvalue weighted by Crippen LogP contribution is 2.65. The van der Waals surface area contributed by atoms with Crippen LogP contribution in [0.15, 0.2) is 11.6 Å². The smallest absolute Gasteiger partial charge is 0.313 e. The number of ketones is 1. The van der Waals surface area contributed by atoms with Gasteiger partial charge in [-0.3, -0.25) is 9.59 Å². The van der Waals surface area contributed by atoms with E-state index < -0.39 is 11.9 Å². The molecule has 5 heteroatoms. The Morgan fingerprint density at radius 3 is 2.57 bits per heavy atom. The van der Waals surface area contributed by atoms with E-state index in [0.717, 1.165) is 44.9 Å². The molecule has 2 N–H and O–H groups in total. The number of esters is 1. The predicted molar refractivity (Wildman–Crippen MR) is 104 cm³/mol. The minimum atomic E-state index is -0.833. The molecule has 0 aromatic rings. The molecule has 3 fully saturated rings. The molecule has 0 unspecified atom stereocenters. The molecule has 3 saturated carbocycles. The van der Waals surface area contributed by atoms with Crippen LogP contribution in [0.2, 0.25) is 0 Å². The first-order valence-electron chi connectivity index (χ1n) is 11.0. The van der Waals surface area contributed by atoms with Crippen LogP contribution in [-0.4, -0.2) is 41.3 Å². The number of allylic oxidation sites excluding steroid dienone is 1. The van der Waals surface area contributed by atoms with Gasteiger partial charge in [-0.2, -0.15) is 0 Å². The highest BCUT2D eigenvalue weighted by Gasteiger charge is 2.60. The average Bonchev–Trinajstić information content (AvgIpc) is 3.00. The summed E-state index contributed by atoms with van der Waals surface area (Å²) in [6.45, 7) is 3.91. The van der Waals surface area contributed by atoms with Crippen molar-refractivity contribution in [3.05, 3.63) is 11.6 Å². The maximum absolute atomic E-state index is 12.3. The number of hydrogen-bond acceptors (Lipinski definition) is 5. The minimum absolute atomic E-state index is 0.0195. The predicted octanol–water partition coefficient (Wildman–Crippen LogP) is 3.03. The second-order valence-electron chi connectivity index (χ2n) is 10.1. The van der Waals surface area contributed by atoms with E-state index in [2.05, 4.69) is 13.8 Å². The van der Waals surface area contributed by atoms with E-state index in [1.54, 1.807) is 0 Å². The van der Waals surface area contributed by atoms with Crippen LogP contribution < -0.4 is 0 Å². The molecule has 5 nitrogen and oxygen atoms in total. The van der Waals surface area contributed by atoms with Gasteiger partial charge in [0.25, 0.3) is 0 Å². The summed E-state index contributed by atoms with van der Waals surface area (Å²) >= 11 is 0. The van der Waals surface area contributed by atoms with Gasteiger partial charge in [-0.1, -0.05) is 19.4 Å². The van der Waals surface area contributed by atoms with Crippen molar-refractivity contribution in [2.45, 2.75) is 71.3 Å². The Labute approximate surface area is 167 Å². The minimum Gasteiger partial charge on any atom is -0.461 e. The van der Waals surface area contributed by atoms with E-state index in [1.807, 2.05) is 6.08 Å². The fourth-order valence-corrected chi connectivity index (χ4v) is 7.15. The van der Waals surface area contributed by atoms with Crippen LogP contribution in [0.25, 0.3) is 0 Å². The van der Waals surface area contributed by atoms with E-state index in [0.29, 0.717) is 30.0 Å². The first-order chi connectivity index (χ1) is 13.3. The normalized spacial score (nSPS) is 42.5. The van der Waals surface area contributed by atoms with E-state index in [4.69, 9.17) is 4.74 Å². The maximum atomic E-state index is 12.3. The molecule has 0 aromatic carbocycles. The lowest BCUT2D eigenvalue weighted by Gasteiger charge is -2.57. The van der Waals surface area contributed by atoms with Gasteiger partial charge in [0.2, 0.25) is 0 Å². The van der Waals surface area contributed by atoms with Gasteiger partial charge in [-0.25, -0.2) is 0 Å². The van der Waals surface area contributed by atoms with Crippen molar-refractivity contribution in [1.82, 2.24) is 0 Å². The number of aliphatic hydroxyl groups excluding tert-OH is 2. The Morgan fingerprint density at radius 2 is 1.86 bits per heavy atom. The summed E-state index contributed by atoms with van der Waals surface area (Å²) in [6.07, 6.45) is 9.75. The van der Waals surface area contributed by atoms with Crippen molar-refractivity contribution in [3.63, 3.8) is 0 Å². The van der Waals surface area contributed by atoms with Gasteiger partial charge in [0.1, 0.15) is 12.0 Å². The molecule has 0 heterocycles. The van der Waals surface area contributed by atoms with Crippen LogP contribution in [0, 0.1) is 34.5 Å². The molecular formula is C23H34O5. The van der Waals surface area contributed by atoms with Crippen molar-refractivity contribution >= 4 is 11.8 Å². The summed E-state index contributed by atoms with van der Waals surface area (Å²) in [5.74, 6) is 0.786. The molecule has 4 aliphatic rings. The largest absolute Gasteiger partial charge is 0.461 e. The Balaban J connectivity index is 1.53. The highest BCUT2D eigenvalue weighted by atomic mass is 16.5. The topological polar surface area (TPSA) is 83.8 Å². The molecule has 0 aromatic heterocycles. The summed E-state index contributed by atoms with van der Waals surface area (Å²) in [4.78, 5) is 24.3. The zero-order chi connectivity index (χ0) is 20.1. The molecule has 0 amide bonds. The average molecular weight is 391 g/mol. The Kier molecular flexibility index (Phi) is 5.20. The van der Waals surface area contributed by atoms with Gasteiger partial charge >= 0.3 is 5.97 Å². The lowest BCUT2D eigenvalue weighted by atomic mass is 9.47. The molecule has 4 rings (SSSR count). The lowest BCUT2D eigenvalue weighted by molar-refractivity contribution is -0.167. The third-order valence-corrected chi connectivity index (χ3v) is 8.91. The standard InChI is InChI=1S/C23H34O5/c1-22-9-7-16(26)11-15(22)3-4-17-18-5-6-20(23(18,2)10-8-19(17)22)28-21(27)14(12-24)13-25/h11,14,17-20,24-25H,3-10,12-13H2,1-2H3/t17-,18-,19-,20-,22-,23-/m0/s1. The van der Waals surface area contributed by atoms with Crippen LogP contribution >= 0.6 is 0 Å². The van der Waals surface area contributed by atoms with Crippen LogP contribution in [0.3, 0.4) is 0 Å². The fraction of sp³-hybridized carbons (Fsp3) is 0.826. The molecule has 4 aliphatic carbocycles. The third-order valence-electron chi connectivity index (χ3n) is 8.91. The van der Waals surface area contributed by atoms with Crippen molar-refractivity contribution < 1.29 is 24.5 Å². The number of carbonyl (C=O) groups excluding carboxylic acids is 2. The zero-order valence-electron chi connectivity index (χ0n) is 17.2. The SMILES string of the molecule is C[C@]12CC[C@H]3[C@@H](CCC4=CC(=O)CC[C@@]43C)[C@@H]1CC[C@@H]2OC(=O)C(CO)CO. The van der Waals surface area contributed by atoms with Gasteiger partial charge in [-0.05, 0) is 74.2 Å². The second kappa shape index (κ2) is 7.24. The first-order valence-corrected chi connectivity index (χ1v) is 11.0. The van der Waals surface area contributed by atoms with Crippen LogP contribution in [0.4, 0.5) is 0 Å². The number of hydrogen-bond donors (Lipinski definition) is 2. The van der Waals surface area contributed by atoms with E-state index in [9.17, 15) is 19.8 Å². The molecule has 0 radical (unpaired) electrons. The molecule has 156 valence electrons. The van der Waals surface area contributed by atoms with E-state index in [-0.39, 0.29) is 30.1 Å². The highest BCUT2D eigenvalue weighted by molar-refractivity contribution is 5.91. The molecule has 0 spiro atoms. The summed E-state index contributed by atoms with van der Waals surface area (Å²) in [6, 6.07) is 0. The van der Waals surface area contributed by atoms with Gasteiger partial charge in [0, 0.05) is 11.8 Å². The van der Waals surface area contributed by atoms with Crippen LogP contribution in [-0.2, 0) is 14.3 Å². The number of rotatable bonds is 4. The molecule has 6 atom stereocenters. The number of fused-ring (bicyclic) bond motifs is 5. The van der Waals surface area contributed by atoms with E-state index in [1.165, 1.54) is 5.57 Å². The third kappa shape index (κ3) is 2.97. The maximum Gasteiger partial charge on any atom is 0.313 e. The Morgan fingerprint density at radius 1 is 1.11 bits per heavy atom. The summed E-state index contributed by atoms with van der Waals surface area (Å²) in [5.41, 5.74) is 1.52. The molecular weight excluding hydrogens is 356 g/mol. The molecule has 0 aliphatic heterocycles. The molecule has 0 saturated heterocycles. The second-order valence-corrected chi connectivity index (χ2v) is 10.1. The summed E-state index contributed by atoms with van der Waals surface area (Å²) in [7, 11) is 0. The quantitative estimate of drug-likeness (QED) is 0.721. The van der Waals surface area contributed by atoms with Gasteiger partial charge in [-0.15, -0.1) is 0 Å². The molecule has 28 heavy (non-hydrogen) atoms. The van der Waals surface area contributed by atoms with Crippen molar-refractivity contribution in [2.24, 2.45) is 34.5 Å². The number of carbonyl (C=O) groups is 2. The Bertz CT molecular complexity index is 680. The lowest BCUT2D eigenvalue weighted by Crippen LogP contribution is -2.51. The first kappa shape index (κ1) is 20.1. The zero-order valence-corrected chi connectivity index (χ0v) is 17.2. The molecule has 0 bridgehead atoms. The monoisotopic (exact) mass is 390 g/mol. The fourth-order valence-electron chi connectivity index (χ4n) is 7.15. The van der Waals surface area contributed by atoms with Crippen molar-refractivity contribution in [3.8, 4) is 0 Å². The number of ether oxygens (including phenoxy) is 1. The van der Waals surface area contributed by atoms with Gasteiger partial charge < -0.3 is 14.9 Å². The van der Waals surface area contributed by atoms with Crippen LogP contribution in [0.5, 0.6) is 0 Å². The summed E-state index contributed by atoms with van der Waals surface area (Å²) < 4.78 is 5.84. The van der Waals surface area contributed by atoms with E-state index >= 15 is 0 Å².